The van der Waals surface area contributed by atoms with Crippen LogP contribution in [0, 0.1) is 13.8 Å². The zero-order valence-electron chi connectivity index (χ0n) is 13.5. The van der Waals surface area contributed by atoms with Crippen molar-refractivity contribution in [1.82, 2.24) is 9.88 Å². The molecule has 0 spiro atoms. The number of hydrogen-bond acceptors (Lipinski definition) is 5. The minimum atomic E-state index is -0.150. The van der Waals surface area contributed by atoms with E-state index in [1.807, 2.05) is 37.4 Å². The van der Waals surface area contributed by atoms with E-state index in [-0.39, 0.29) is 5.91 Å². The van der Waals surface area contributed by atoms with Gasteiger partial charge in [0.25, 0.3) is 5.91 Å². The van der Waals surface area contributed by atoms with E-state index in [0.29, 0.717) is 5.69 Å². The Hall–Kier alpha value is -1.76. The Morgan fingerprint density at radius 2 is 2.13 bits per heavy atom. The Bertz CT molecular complexity index is 693. The van der Waals surface area contributed by atoms with E-state index >= 15 is 0 Å². The molecule has 1 saturated heterocycles. The summed E-state index contributed by atoms with van der Waals surface area (Å²) >= 11 is 1.54. The molecule has 2 heterocycles. The van der Waals surface area contributed by atoms with Crippen molar-refractivity contribution in [2.45, 2.75) is 20.4 Å². The normalized spacial score (nSPS) is 15.6. The fourth-order valence-corrected chi connectivity index (χ4v) is 3.31. The van der Waals surface area contributed by atoms with Crippen LogP contribution in [0.1, 0.15) is 26.6 Å². The maximum atomic E-state index is 12.4. The van der Waals surface area contributed by atoms with Gasteiger partial charge in [-0.05, 0) is 31.0 Å². The first-order valence-corrected chi connectivity index (χ1v) is 8.63. The second kappa shape index (κ2) is 7.21. The molecule has 1 amide bonds. The molecule has 0 saturated carbocycles. The summed E-state index contributed by atoms with van der Waals surface area (Å²) in [6.45, 7) is 8.16. The molecule has 1 aromatic heterocycles. The Labute approximate surface area is 140 Å². The molecule has 1 aromatic carbocycles. The van der Waals surface area contributed by atoms with Crippen LogP contribution in [-0.4, -0.2) is 42.1 Å². The summed E-state index contributed by atoms with van der Waals surface area (Å²) in [5.74, 6) is -0.150. The first-order chi connectivity index (χ1) is 11.1. The molecule has 1 N–H and O–H groups in total. The maximum absolute atomic E-state index is 12.4. The van der Waals surface area contributed by atoms with Crippen LogP contribution < -0.4 is 5.32 Å². The third-order valence-electron chi connectivity index (χ3n) is 3.89. The number of thiazole rings is 1. The highest BCUT2D eigenvalue weighted by molar-refractivity contribution is 7.09. The van der Waals surface area contributed by atoms with Crippen molar-refractivity contribution in [3.8, 4) is 0 Å². The lowest BCUT2D eigenvalue weighted by atomic mass is 10.1. The van der Waals surface area contributed by atoms with Gasteiger partial charge >= 0.3 is 0 Å². The number of aromatic nitrogens is 1. The summed E-state index contributed by atoms with van der Waals surface area (Å²) in [7, 11) is 0. The van der Waals surface area contributed by atoms with Gasteiger partial charge in [-0.3, -0.25) is 9.69 Å². The average Bonchev–Trinajstić information content (AvgIpc) is 3.00. The van der Waals surface area contributed by atoms with Crippen LogP contribution in [0.5, 0.6) is 0 Å². The summed E-state index contributed by atoms with van der Waals surface area (Å²) < 4.78 is 5.35. The van der Waals surface area contributed by atoms with Crippen LogP contribution >= 0.6 is 11.3 Å². The molecule has 0 atom stereocenters. The molecular weight excluding hydrogens is 310 g/mol. The third-order valence-corrected chi connectivity index (χ3v) is 4.72. The van der Waals surface area contributed by atoms with E-state index in [0.717, 1.165) is 54.7 Å². The molecule has 0 bridgehead atoms. The molecule has 3 rings (SSSR count). The largest absolute Gasteiger partial charge is 0.379 e. The molecule has 122 valence electrons. The van der Waals surface area contributed by atoms with Crippen LogP contribution in [0.4, 0.5) is 5.69 Å². The number of carbonyl (C=O) groups is 1. The van der Waals surface area contributed by atoms with Crippen LogP contribution in [0.25, 0.3) is 0 Å². The smallest absolute Gasteiger partial charge is 0.275 e. The van der Waals surface area contributed by atoms with Crippen molar-refractivity contribution in [2.75, 3.05) is 31.6 Å². The van der Waals surface area contributed by atoms with Crippen LogP contribution in [-0.2, 0) is 11.3 Å². The summed E-state index contributed by atoms with van der Waals surface area (Å²) in [5.41, 5.74) is 3.50. The van der Waals surface area contributed by atoms with Crippen molar-refractivity contribution in [3.05, 3.63) is 45.4 Å². The minimum Gasteiger partial charge on any atom is -0.379 e. The second-order valence-corrected chi connectivity index (χ2v) is 6.73. The summed E-state index contributed by atoms with van der Waals surface area (Å²) in [6.07, 6.45) is 0. The SMILES string of the molecule is Cc1ccc(C)c(NC(=O)c2csc(CN3CCOCC3)n2)c1. The molecule has 1 fully saturated rings. The monoisotopic (exact) mass is 331 g/mol. The zero-order chi connectivity index (χ0) is 16.2. The lowest BCUT2D eigenvalue weighted by Gasteiger charge is -2.25. The predicted octanol–water partition coefficient (Wildman–Crippen LogP) is 2.84. The highest BCUT2D eigenvalue weighted by Crippen LogP contribution is 2.19. The van der Waals surface area contributed by atoms with Gasteiger partial charge in [0, 0.05) is 24.2 Å². The molecule has 0 aliphatic carbocycles. The highest BCUT2D eigenvalue weighted by atomic mass is 32.1. The highest BCUT2D eigenvalue weighted by Gasteiger charge is 2.16. The van der Waals surface area contributed by atoms with Gasteiger partial charge in [0.15, 0.2) is 0 Å². The predicted molar refractivity (Wildman–Crippen MR) is 92.1 cm³/mol. The maximum Gasteiger partial charge on any atom is 0.275 e. The van der Waals surface area contributed by atoms with Gasteiger partial charge in [-0.2, -0.15) is 0 Å². The number of aryl methyl sites for hydroxylation is 2. The quantitative estimate of drug-likeness (QED) is 0.936. The molecule has 1 aliphatic heterocycles. The summed E-state index contributed by atoms with van der Waals surface area (Å²) in [4.78, 5) is 19.2. The molecule has 1 aliphatic rings. The van der Waals surface area contributed by atoms with Gasteiger partial charge < -0.3 is 10.1 Å². The molecule has 0 unspecified atom stereocenters. The van der Waals surface area contributed by atoms with E-state index in [9.17, 15) is 4.79 Å². The average molecular weight is 331 g/mol. The van der Waals surface area contributed by atoms with E-state index in [1.54, 1.807) is 0 Å². The van der Waals surface area contributed by atoms with E-state index < -0.39 is 0 Å². The van der Waals surface area contributed by atoms with Crippen molar-refractivity contribution < 1.29 is 9.53 Å². The second-order valence-electron chi connectivity index (χ2n) is 5.79. The van der Waals surface area contributed by atoms with Crippen LogP contribution in [0.15, 0.2) is 23.6 Å². The van der Waals surface area contributed by atoms with Crippen LogP contribution in [0.2, 0.25) is 0 Å². The molecule has 5 nitrogen and oxygen atoms in total. The Balaban J connectivity index is 1.65. The Kier molecular flexibility index (Phi) is 5.05. The first kappa shape index (κ1) is 16.1. The standard InChI is InChI=1S/C17H21N3O2S/c1-12-3-4-13(2)14(9-12)19-17(21)15-11-23-16(18-15)10-20-5-7-22-8-6-20/h3-4,9,11H,5-8,10H2,1-2H3,(H,19,21). The van der Waals surface area contributed by atoms with Gasteiger partial charge in [-0.25, -0.2) is 4.98 Å². The number of hydrogen-bond donors (Lipinski definition) is 1. The number of nitrogens with zero attached hydrogens (tertiary/aromatic N) is 2. The van der Waals surface area contributed by atoms with E-state index in [1.165, 1.54) is 11.3 Å². The van der Waals surface area contributed by atoms with Gasteiger partial charge in [-0.15, -0.1) is 11.3 Å². The number of rotatable bonds is 4. The fraction of sp³-hybridized carbons (Fsp3) is 0.412. The van der Waals surface area contributed by atoms with Crippen molar-refractivity contribution in [1.29, 1.82) is 0 Å². The van der Waals surface area contributed by atoms with Crippen LogP contribution in [0.3, 0.4) is 0 Å². The van der Waals surface area contributed by atoms with Gasteiger partial charge in [0.05, 0.1) is 19.8 Å². The molecule has 23 heavy (non-hydrogen) atoms. The minimum absolute atomic E-state index is 0.150. The molecule has 6 heteroatoms. The third kappa shape index (κ3) is 4.16. The number of nitrogens with one attached hydrogen (secondary N) is 1. The lowest BCUT2D eigenvalue weighted by molar-refractivity contribution is 0.0341. The van der Waals surface area contributed by atoms with Gasteiger partial charge in [-0.1, -0.05) is 12.1 Å². The molecule has 2 aromatic rings. The number of ether oxygens (including phenoxy) is 1. The van der Waals surface area contributed by atoms with Crippen molar-refractivity contribution >= 4 is 22.9 Å². The van der Waals surface area contributed by atoms with E-state index in [2.05, 4.69) is 15.2 Å². The van der Waals surface area contributed by atoms with Crippen molar-refractivity contribution in [3.63, 3.8) is 0 Å². The molecular formula is C17H21N3O2S. The summed E-state index contributed by atoms with van der Waals surface area (Å²) in [6, 6.07) is 6.03. The number of carbonyl (C=O) groups excluding carboxylic acids is 1. The van der Waals surface area contributed by atoms with Gasteiger partial charge in [0.2, 0.25) is 0 Å². The number of amides is 1. The number of morpholine rings is 1. The van der Waals surface area contributed by atoms with E-state index in [4.69, 9.17) is 4.74 Å². The van der Waals surface area contributed by atoms with Gasteiger partial charge in [0.1, 0.15) is 10.7 Å². The molecule has 0 radical (unpaired) electrons. The number of anilines is 1. The lowest BCUT2D eigenvalue weighted by Crippen LogP contribution is -2.35. The summed E-state index contributed by atoms with van der Waals surface area (Å²) in [5, 5.41) is 5.76. The first-order valence-electron chi connectivity index (χ1n) is 7.75. The number of benzene rings is 1. The van der Waals surface area contributed by atoms with Crippen molar-refractivity contribution in [2.24, 2.45) is 0 Å². The topological polar surface area (TPSA) is 54.5 Å². The fourth-order valence-electron chi connectivity index (χ4n) is 2.50. The Morgan fingerprint density at radius 3 is 2.91 bits per heavy atom. The zero-order valence-corrected chi connectivity index (χ0v) is 14.3. The Morgan fingerprint density at radius 1 is 1.35 bits per heavy atom.